The van der Waals surface area contributed by atoms with E-state index in [9.17, 15) is 9.50 Å². The normalized spacial score (nSPS) is 16.9. The summed E-state index contributed by atoms with van der Waals surface area (Å²) in [6.45, 7) is 2.01. The third-order valence-corrected chi connectivity index (χ3v) is 8.75. The van der Waals surface area contributed by atoms with Gasteiger partial charge in [0.25, 0.3) is 0 Å². The van der Waals surface area contributed by atoms with Crippen molar-refractivity contribution in [2.24, 2.45) is 0 Å². The van der Waals surface area contributed by atoms with Crippen LogP contribution in [0.2, 0.25) is 0 Å². The third kappa shape index (κ3) is 4.08. The van der Waals surface area contributed by atoms with Crippen molar-refractivity contribution < 1.29 is 23.7 Å². The van der Waals surface area contributed by atoms with Crippen LogP contribution in [0.25, 0.3) is 22.4 Å². The van der Waals surface area contributed by atoms with Crippen molar-refractivity contribution in [1.82, 2.24) is 14.5 Å². The van der Waals surface area contributed by atoms with E-state index in [-0.39, 0.29) is 36.8 Å². The average Bonchev–Trinajstić information content (AvgIpc) is 3.61. The van der Waals surface area contributed by atoms with Crippen LogP contribution in [0.1, 0.15) is 33.9 Å². The van der Waals surface area contributed by atoms with Gasteiger partial charge >= 0.3 is 0 Å². The summed E-state index contributed by atoms with van der Waals surface area (Å²) in [6, 6.07) is 21.0. The highest BCUT2D eigenvalue weighted by Gasteiger charge is 2.37. The number of aromatic nitrogens is 2. The van der Waals surface area contributed by atoms with Crippen LogP contribution in [0.3, 0.4) is 0 Å². The van der Waals surface area contributed by atoms with E-state index in [4.69, 9.17) is 19.2 Å². The molecule has 1 aromatic heterocycles. The topological polar surface area (TPSA) is 69.0 Å². The molecule has 0 spiro atoms. The molecule has 5 aromatic rings. The fourth-order valence-corrected chi connectivity index (χ4v) is 6.71. The number of imidazole rings is 1. The van der Waals surface area contributed by atoms with E-state index in [0.717, 1.165) is 58.0 Å². The van der Waals surface area contributed by atoms with Gasteiger partial charge in [-0.15, -0.1) is 12.4 Å². The molecule has 1 N–H and O–H groups in total. The number of hydrogen-bond donors (Lipinski definition) is 1. The lowest BCUT2D eigenvalue weighted by atomic mass is 9.81. The van der Waals surface area contributed by atoms with Crippen molar-refractivity contribution >= 4 is 23.4 Å². The zero-order valence-corrected chi connectivity index (χ0v) is 23.8. The number of hydrogen-bond acceptors (Lipinski definition) is 6. The van der Waals surface area contributed by atoms with Crippen LogP contribution in [0.5, 0.6) is 23.0 Å². The Bertz CT molecular complexity index is 1860. The van der Waals surface area contributed by atoms with E-state index in [1.165, 1.54) is 17.2 Å². The molecule has 0 aliphatic carbocycles. The Kier molecular flexibility index (Phi) is 6.48. The SMILES string of the molecule is COc1cc(-c2nc3ccccc3n2Cc2ccccc2F)c2c(c1O)CN1CCc3cc4c(cc3C1C2)OCO4.Cl. The molecule has 1 atom stereocenters. The minimum absolute atomic E-state index is 0. The number of halogens is 2. The molecule has 0 saturated carbocycles. The number of nitrogens with zero attached hydrogens (tertiary/aromatic N) is 3. The minimum Gasteiger partial charge on any atom is -0.504 e. The summed E-state index contributed by atoms with van der Waals surface area (Å²) in [5.41, 5.74) is 7.59. The second kappa shape index (κ2) is 10.2. The second-order valence-electron chi connectivity index (χ2n) is 10.9. The summed E-state index contributed by atoms with van der Waals surface area (Å²) < 4.78 is 34.0. The van der Waals surface area contributed by atoms with Crippen molar-refractivity contribution in [2.45, 2.75) is 32.0 Å². The Hall–Kier alpha value is -4.27. The van der Waals surface area contributed by atoms with Crippen LogP contribution < -0.4 is 14.2 Å². The highest BCUT2D eigenvalue weighted by atomic mass is 35.5. The average molecular weight is 586 g/mol. The first kappa shape index (κ1) is 26.6. The number of para-hydroxylation sites is 2. The van der Waals surface area contributed by atoms with Gasteiger partial charge in [-0.2, -0.15) is 0 Å². The van der Waals surface area contributed by atoms with Crippen molar-refractivity contribution in [1.29, 1.82) is 0 Å². The van der Waals surface area contributed by atoms with Gasteiger partial charge in [0.2, 0.25) is 6.79 Å². The van der Waals surface area contributed by atoms with Gasteiger partial charge in [-0.1, -0.05) is 30.3 Å². The lowest BCUT2D eigenvalue weighted by Gasteiger charge is -2.42. The molecule has 0 amide bonds. The molecule has 1 unspecified atom stereocenters. The second-order valence-corrected chi connectivity index (χ2v) is 10.9. The number of phenolic OH excluding ortho intramolecular Hbond substituents is 1. The largest absolute Gasteiger partial charge is 0.504 e. The van der Waals surface area contributed by atoms with E-state index in [0.29, 0.717) is 30.8 Å². The number of ether oxygens (including phenoxy) is 3. The molecule has 42 heavy (non-hydrogen) atoms. The number of aromatic hydroxyl groups is 1. The standard InChI is InChI=1S/C33H28FN3O4.ClH/c1-39-31-15-23(33-35-26-8-4-5-9-27(26)37(33)16-20-6-2-3-7-25(20)34)22-13-28-21-14-30-29(40-18-41-30)12-19(21)10-11-36(28)17-24(22)32(31)38;/h2-9,12,14-15,28,38H,10-11,13,16-18H2,1H3;1H. The lowest BCUT2D eigenvalue weighted by molar-refractivity contribution is 0.158. The summed E-state index contributed by atoms with van der Waals surface area (Å²) in [7, 11) is 1.57. The van der Waals surface area contributed by atoms with Gasteiger partial charge in [0.1, 0.15) is 11.6 Å². The predicted octanol–water partition coefficient (Wildman–Crippen LogP) is 6.41. The summed E-state index contributed by atoms with van der Waals surface area (Å²) in [6.07, 6.45) is 1.57. The molecule has 8 rings (SSSR count). The van der Waals surface area contributed by atoms with Crippen LogP contribution in [0.4, 0.5) is 4.39 Å². The monoisotopic (exact) mass is 585 g/mol. The molecule has 7 nitrogen and oxygen atoms in total. The first-order valence-corrected chi connectivity index (χ1v) is 13.9. The van der Waals surface area contributed by atoms with E-state index in [1.807, 2.05) is 42.5 Å². The van der Waals surface area contributed by atoms with Crippen LogP contribution in [-0.4, -0.2) is 40.0 Å². The summed E-state index contributed by atoms with van der Waals surface area (Å²) >= 11 is 0. The molecular weight excluding hydrogens is 557 g/mol. The van der Waals surface area contributed by atoms with Crippen molar-refractivity contribution in [3.8, 4) is 34.4 Å². The van der Waals surface area contributed by atoms with Crippen LogP contribution in [-0.2, 0) is 25.9 Å². The Morgan fingerprint density at radius 1 is 1.02 bits per heavy atom. The van der Waals surface area contributed by atoms with Gasteiger partial charge in [-0.05, 0) is 65.9 Å². The lowest BCUT2D eigenvalue weighted by Crippen LogP contribution is -2.39. The molecule has 4 heterocycles. The predicted molar refractivity (Wildman–Crippen MR) is 159 cm³/mol. The van der Waals surface area contributed by atoms with E-state index < -0.39 is 0 Å². The maximum absolute atomic E-state index is 14.9. The molecular formula is C33H29ClFN3O4. The van der Waals surface area contributed by atoms with Gasteiger partial charge in [0.15, 0.2) is 23.0 Å². The number of rotatable bonds is 4. The molecule has 0 bridgehead atoms. The molecule has 9 heteroatoms. The number of phenols is 1. The summed E-state index contributed by atoms with van der Waals surface area (Å²) in [5.74, 6) is 2.62. The Morgan fingerprint density at radius 3 is 2.64 bits per heavy atom. The van der Waals surface area contributed by atoms with Gasteiger partial charge in [0, 0.05) is 35.8 Å². The zero-order valence-electron chi connectivity index (χ0n) is 23.0. The number of methoxy groups -OCH3 is 1. The minimum atomic E-state index is -0.255. The molecule has 0 saturated heterocycles. The quantitative estimate of drug-likeness (QED) is 0.263. The highest BCUT2D eigenvalue weighted by molar-refractivity contribution is 5.85. The molecule has 4 aromatic carbocycles. The van der Waals surface area contributed by atoms with Gasteiger partial charge in [-0.3, -0.25) is 4.90 Å². The van der Waals surface area contributed by atoms with Crippen molar-refractivity contribution in [3.63, 3.8) is 0 Å². The number of fused-ring (bicyclic) bond motifs is 6. The fourth-order valence-electron chi connectivity index (χ4n) is 6.71. The molecule has 3 aliphatic rings. The molecule has 0 radical (unpaired) electrons. The van der Waals surface area contributed by atoms with E-state index in [2.05, 4.69) is 21.6 Å². The fraction of sp³-hybridized carbons (Fsp3) is 0.242. The first-order valence-electron chi connectivity index (χ1n) is 13.9. The smallest absolute Gasteiger partial charge is 0.231 e. The van der Waals surface area contributed by atoms with Gasteiger partial charge in [-0.25, -0.2) is 9.37 Å². The van der Waals surface area contributed by atoms with Crippen LogP contribution in [0.15, 0.2) is 66.7 Å². The highest BCUT2D eigenvalue weighted by Crippen LogP contribution is 2.49. The Labute approximate surface area is 248 Å². The number of benzene rings is 4. The zero-order chi connectivity index (χ0) is 27.7. The Morgan fingerprint density at radius 2 is 1.81 bits per heavy atom. The van der Waals surface area contributed by atoms with Crippen molar-refractivity contribution in [2.75, 3.05) is 20.4 Å². The molecule has 3 aliphatic heterocycles. The van der Waals surface area contributed by atoms with Gasteiger partial charge < -0.3 is 23.9 Å². The van der Waals surface area contributed by atoms with Gasteiger partial charge in [0.05, 0.1) is 24.7 Å². The van der Waals surface area contributed by atoms with Crippen molar-refractivity contribution in [3.05, 3.63) is 100 Å². The summed E-state index contributed by atoms with van der Waals surface area (Å²) in [5, 5.41) is 11.3. The summed E-state index contributed by atoms with van der Waals surface area (Å²) in [4.78, 5) is 7.49. The molecule has 214 valence electrons. The van der Waals surface area contributed by atoms with Crippen LogP contribution >= 0.6 is 12.4 Å². The van der Waals surface area contributed by atoms with E-state index >= 15 is 0 Å². The van der Waals surface area contributed by atoms with Crippen LogP contribution in [0, 0.1) is 5.82 Å². The maximum Gasteiger partial charge on any atom is 0.231 e. The third-order valence-electron chi connectivity index (χ3n) is 8.75. The van der Waals surface area contributed by atoms with E-state index in [1.54, 1.807) is 13.2 Å². The molecule has 0 fully saturated rings. The first-order chi connectivity index (χ1) is 20.1. The Balaban J connectivity index is 0.00000288. The maximum atomic E-state index is 14.9.